The van der Waals surface area contributed by atoms with E-state index in [0.29, 0.717) is 18.8 Å². The van der Waals surface area contributed by atoms with Crippen LogP contribution in [0.25, 0.3) is 0 Å². The van der Waals surface area contributed by atoms with Crippen LogP contribution in [0.4, 0.5) is 0 Å². The van der Waals surface area contributed by atoms with E-state index < -0.39 is 5.60 Å². The van der Waals surface area contributed by atoms with E-state index in [0.717, 1.165) is 29.8 Å². The molecule has 3 rings (SSSR count). The summed E-state index contributed by atoms with van der Waals surface area (Å²) in [5.41, 5.74) is 0.0396. The zero-order valence-electron chi connectivity index (χ0n) is 10.7. The monoisotopic (exact) mass is 279 g/mol. The van der Waals surface area contributed by atoms with Crippen molar-refractivity contribution in [2.75, 3.05) is 0 Å². The lowest BCUT2D eigenvalue weighted by Crippen LogP contribution is -2.45. The maximum absolute atomic E-state index is 12.1. The first-order valence-corrected chi connectivity index (χ1v) is 7.25. The molecule has 0 aromatic heterocycles. The van der Waals surface area contributed by atoms with Gasteiger partial charge >= 0.3 is 0 Å². The number of aliphatic hydroxyl groups is 1. The minimum atomic E-state index is -1.12. The number of carbonyl (C=O) groups excluding carboxylic acids is 1. The lowest BCUT2D eigenvalue weighted by Gasteiger charge is -2.21. The van der Waals surface area contributed by atoms with Crippen molar-refractivity contribution in [2.24, 2.45) is 0 Å². The highest BCUT2D eigenvalue weighted by atomic mass is 35.5. The Bertz CT molecular complexity index is 497. The number of benzene rings is 1. The van der Waals surface area contributed by atoms with E-state index in [-0.39, 0.29) is 11.9 Å². The Balaban J connectivity index is 1.60. The number of hydrogen-bond donors (Lipinski definition) is 2. The normalized spacial score (nSPS) is 28.1. The van der Waals surface area contributed by atoms with E-state index in [1.54, 1.807) is 0 Å². The first-order valence-electron chi connectivity index (χ1n) is 6.87. The Morgan fingerprint density at radius 3 is 2.79 bits per heavy atom. The van der Waals surface area contributed by atoms with Gasteiger partial charge in [0.15, 0.2) is 0 Å². The standard InChI is InChI=1S/C15H18ClNO2/c16-11-5-3-4-10(8-11)12-9-13(12)17-14(18)15(19)6-1-2-7-15/h3-5,8,12-13,19H,1-2,6-7,9H2,(H,17,18). The molecule has 1 aromatic carbocycles. The molecular weight excluding hydrogens is 262 g/mol. The fourth-order valence-electron chi connectivity index (χ4n) is 2.95. The van der Waals surface area contributed by atoms with Gasteiger partial charge in [-0.05, 0) is 49.8 Å². The number of rotatable bonds is 3. The van der Waals surface area contributed by atoms with Crippen molar-refractivity contribution in [2.45, 2.75) is 49.7 Å². The Morgan fingerprint density at radius 2 is 2.11 bits per heavy atom. The quantitative estimate of drug-likeness (QED) is 0.894. The van der Waals surface area contributed by atoms with Crippen LogP contribution in [0.1, 0.15) is 43.6 Å². The van der Waals surface area contributed by atoms with E-state index >= 15 is 0 Å². The van der Waals surface area contributed by atoms with Gasteiger partial charge in [-0.2, -0.15) is 0 Å². The summed E-state index contributed by atoms with van der Waals surface area (Å²) in [7, 11) is 0. The van der Waals surface area contributed by atoms with E-state index in [9.17, 15) is 9.90 Å². The van der Waals surface area contributed by atoms with Crippen molar-refractivity contribution in [3.05, 3.63) is 34.9 Å². The molecule has 0 aliphatic heterocycles. The second-order valence-corrected chi connectivity index (χ2v) is 6.15. The lowest BCUT2D eigenvalue weighted by atomic mass is 10.0. The Labute approximate surface area is 118 Å². The van der Waals surface area contributed by atoms with E-state index in [4.69, 9.17) is 11.6 Å². The van der Waals surface area contributed by atoms with Crippen molar-refractivity contribution >= 4 is 17.5 Å². The third-order valence-electron chi connectivity index (χ3n) is 4.24. The van der Waals surface area contributed by atoms with Gasteiger partial charge in [-0.15, -0.1) is 0 Å². The first-order chi connectivity index (χ1) is 9.08. The van der Waals surface area contributed by atoms with Gasteiger partial charge in [0.2, 0.25) is 0 Å². The molecule has 102 valence electrons. The summed E-state index contributed by atoms with van der Waals surface area (Å²) >= 11 is 5.97. The summed E-state index contributed by atoms with van der Waals surface area (Å²) in [6.07, 6.45) is 3.99. The van der Waals surface area contributed by atoms with Crippen LogP contribution in [-0.4, -0.2) is 22.7 Å². The molecule has 4 heteroatoms. The average Bonchev–Trinajstić information content (AvgIpc) is 3.00. The molecule has 2 aliphatic carbocycles. The topological polar surface area (TPSA) is 49.3 Å². The molecule has 1 aromatic rings. The maximum Gasteiger partial charge on any atom is 0.252 e. The number of nitrogens with one attached hydrogen (secondary N) is 1. The first kappa shape index (κ1) is 12.9. The van der Waals surface area contributed by atoms with Crippen LogP contribution in [0.3, 0.4) is 0 Å². The predicted octanol–water partition coefficient (Wildman–Crippen LogP) is 2.62. The van der Waals surface area contributed by atoms with E-state index in [1.165, 1.54) is 0 Å². The Morgan fingerprint density at radius 1 is 1.37 bits per heavy atom. The van der Waals surface area contributed by atoms with Gasteiger partial charge in [-0.25, -0.2) is 0 Å². The summed E-state index contributed by atoms with van der Waals surface area (Å²) in [6, 6.07) is 7.91. The molecule has 0 radical (unpaired) electrons. The maximum atomic E-state index is 12.1. The summed E-state index contributed by atoms with van der Waals surface area (Å²) in [5, 5.41) is 13.9. The summed E-state index contributed by atoms with van der Waals surface area (Å²) in [6.45, 7) is 0. The predicted molar refractivity (Wildman–Crippen MR) is 74.2 cm³/mol. The van der Waals surface area contributed by atoms with Crippen molar-refractivity contribution in [3.63, 3.8) is 0 Å². The fraction of sp³-hybridized carbons (Fsp3) is 0.533. The van der Waals surface area contributed by atoms with E-state index in [1.807, 2.05) is 24.3 Å². The van der Waals surface area contributed by atoms with Crippen LogP contribution in [-0.2, 0) is 4.79 Å². The molecule has 0 bridgehead atoms. The molecule has 2 N–H and O–H groups in total. The third-order valence-corrected chi connectivity index (χ3v) is 4.47. The van der Waals surface area contributed by atoms with Crippen LogP contribution in [0.2, 0.25) is 5.02 Å². The molecule has 1 amide bonds. The van der Waals surface area contributed by atoms with Crippen LogP contribution < -0.4 is 5.32 Å². The van der Waals surface area contributed by atoms with Gasteiger partial charge in [0, 0.05) is 17.0 Å². The van der Waals surface area contributed by atoms with Crippen LogP contribution in [0, 0.1) is 0 Å². The number of halogens is 1. The highest BCUT2D eigenvalue weighted by Crippen LogP contribution is 2.42. The van der Waals surface area contributed by atoms with Crippen molar-refractivity contribution in [1.82, 2.24) is 5.32 Å². The highest BCUT2D eigenvalue weighted by molar-refractivity contribution is 6.30. The molecule has 2 aliphatic rings. The second kappa shape index (κ2) is 4.80. The summed E-state index contributed by atoms with van der Waals surface area (Å²) in [5.74, 6) is 0.146. The van der Waals surface area contributed by atoms with Gasteiger partial charge in [0.1, 0.15) is 5.60 Å². The van der Waals surface area contributed by atoms with Gasteiger partial charge in [0.25, 0.3) is 5.91 Å². The highest BCUT2D eigenvalue weighted by Gasteiger charge is 2.45. The van der Waals surface area contributed by atoms with Gasteiger partial charge in [0.05, 0.1) is 0 Å². The molecule has 0 spiro atoms. The van der Waals surface area contributed by atoms with Crippen molar-refractivity contribution in [1.29, 1.82) is 0 Å². The van der Waals surface area contributed by atoms with Crippen LogP contribution in [0.15, 0.2) is 24.3 Å². The minimum Gasteiger partial charge on any atom is -0.380 e. The van der Waals surface area contributed by atoms with Gasteiger partial charge < -0.3 is 10.4 Å². The smallest absolute Gasteiger partial charge is 0.252 e. The van der Waals surface area contributed by atoms with Gasteiger partial charge in [-0.3, -0.25) is 4.79 Å². The largest absolute Gasteiger partial charge is 0.380 e. The lowest BCUT2D eigenvalue weighted by molar-refractivity contribution is -0.139. The van der Waals surface area contributed by atoms with Crippen LogP contribution >= 0.6 is 11.6 Å². The van der Waals surface area contributed by atoms with E-state index in [2.05, 4.69) is 5.32 Å². The zero-order chi connectivity index (χ0) is 13.5. The summed E-state index contributed by atoms with van der Waals surface area (Å²) in [4.78, 5) is 12.1. The molecule has 0 heterocycles. The molecule has 2 saturated carbocycles. The molecule has 2 atom stereocenters. The average molecular weight is 280 g/mol. The van der Waals surface area contributed by atoms with Gasteiger partial charge in [-0.1, -0.05) is 23.7 Å². The molecule has 3 nitrogen and oxygen atoms in total. The fourth-order valence-corrected chi connectivity index (χ4v) is 3.15. The molecule has 2 unspecified atom stereocenters. The number of carbonyl (C=O) groups is 1. The third kappa shape index (κ3) is 2.63. The molecule has 2 fully saturated rings. The number of hydrogen-bond acceptors (Lipinski definition) is 2. The molecule has 0 saturated heterocycles. The van der Waals surface area contributed by atoms with Crippen molar-refractivity contribution < 1.29 is 9.90 Å². The Kier molecular flexibility index (Phi) is 3.27. The minimum absolute atomic E-state index is 0.149. The zero-order valence-corrected chi connectivity index (χ0v) is 11.5. The molecular formula is C15H18ClNO2. The Hall–Kier alpha value is -1.06. The second-order valence-electron chi connectivity index (χ2n) is 5.72. The molecule has 19 heavy (non-hydrogen) atoms. The van der Waals surface area contributed by atoms with Crippen LogP contribution in [0.5, 0.6) is 0 Å². The summed E-state index contributed by atoms with van der Waals surface area (Å²) < 4.78 is 0. The van der Waals surface area contributed by atoms with Crippen molar-refractivity contribution in [3.8, 4) is 0 Å². The SMILES string of the molecule is O=C(NC1CC1c1cccc(Cl)c1)C1(O)CCCC1. The number of amides is 1.